The monoisotopic (exact) mass is 848 g/mol. The predicted molar refractivity (Wildman–Crippen MR) is 223 cm³/mol. The maximum absolute atomic E-state index is 13.0. The van der Waals surface area contributed by atoms with Crippen LogP contribution in [-0.2, 0) is 20.2 Å². The lowest BCUT2D eigenvalue weighted by Crippen LogP contribution is -2.19. The lowest BCUT2D eigenvalue weighted by atomic mass is 10.1. The molecule has 0 aromatic heterocycles. The van der Waals surface area contributed by atoms with Crippen LogP contribution >= 0.6 is 0 Å². The summed E-state index contributed by atoms with van der Waals surface area (Å²) in [6, 6.07) is 33.6. The lowest BCUT2D eigenvalue weighted by molar-refractivity contribution is 0.101. The first-order chi connectivity index (χ1) is 28.5. The van der Waals surface area contributed by atoms with Crippen molar-refractivity contribution in [3.05, 3.63) is 168 Å². The van der Waals surface area contributed by atoms with Gasteiger partial charge >= 0.3 is 6.03 Å². The summed E-state index contributed by atoms with van der Waals surface area (Å²) < 4.78 is 63.3. The van der Waals surface area contributed by atoms with Gasteiger partial charge in [-0.1, -0.05) is 12.1 Å². The molecule has 6 rings (SSSR count). The van der Waals surface area contributed by atoms with E-state index in [-0.39, 0.29) is 32.0 Å². The third kappa shape index (κ3) is 11.2. The molecule has 60 heavy (non-hydrogen) atoms. The van der Waals surface area contributed by atoms with Gasteiger partial charge in [0.2, 0.25) is 0 Å². The Morgan fingerprint density at radius 2 is 0.617 bits per heavy atom. The van der Waals surface area contributed by atoms with E-state index in [1.165, 1.54) is 36.4 Å². The van der Waals surface area contributed by atoms with E-state index in [9.17, 15) is 40.8 Å². The minimum absolute atomic E-state index is 0.126. The van der Waals surface area contributed by atoms with Crippen LogP contribution < -0.4 is 31.9 Å². The number of hydrogen-bond acceptors (Lipinski definition) is 9. The van der Waals surface area contributed by atoms with E-state index in [0.717, 1.165) is 24.3 Å². The first kappa shape index (κ1) is 41.9. The molecular weight excluding hydrogens is 817 g/mol. The van der Waals surface area contributed by atoms with Crippen molar-refractivity contribution in [2.75, 3.05) is 31.9 Å². The van der Waals surface area contributed by atoms with Gasteiger partial charge in [0, 0.05) is 56.4 Å². The van der Waals surface area contributed by atoms with Gasteiger partial charge in [-0.05, 0) is 133 Å². The van der Waals surface area contributed by atoms with Gasteiger partial charge < -0.3 is 31.9 Å². The van der Waals surface area contributed by atoms with Crippen LogP contribution in [0.4, 0.5) is 38.9 Å². The molecule has 0 aliphatic rings. The molecule has 0 bridgehead atoms. The molecule has 0 fully saturated rings. The van der Waals surface area contributed by atoms with Crippen LogP contribution in [0.1, 0.15) is 41.4 Å². The van der Waals surface area contributed by atoms with Crippen LogP contribution in [-0.4, -0.2) is 55.6 Å². The quantitative estimate of drug-likeness (QED) is 0.0591. The number of nitrogens with one attached hydrogen (secondary N) is 6. The molecule has 0 spiro atoms. The zero-order valence-corrected chi connectivity index (χ0v) is 32.4. The zero-order valence-electron chi connectivity index (χ0n) is 30.7. The van der Waals surface area contributed by atoms with Gasteiger partial charge in [0.15, 0.2) is 0 Å². The second kappa shape index (κ2) is 17.8. The second-order valence-electron chi connectivity index (χ2n) is 12.7. The van der Waals surface area contributed by atoms with Crippen LogP contribution in [0.2, 0.25) is 0 Å². The molecular formula is C41H32N6O11S2. The summed E-state index contributed by atoms with van der Waals surface area (Å²) in [6.07, 6.45) is 0. The van der Waals surface area contributed by atoms with Crippen LogP contribution in [0.3, 0.4) is 0 Å². The maximum atomic E-state index is 13.0. The molecule has 6 amide bonds. The molecule has 304 valence electrons. The molecule has 6 aromatic rings. The van der Waals surface area contributed by atoms with Crippen molar-refractivity contribution < 1.29 is 49.9 Å². The largest absolute Gasteiger partial charge is 0.323 e. The molecule has 0 saturated carbocycles. The number of carbonyl (C=O) groups is 5. The summed E-state index contributed by atoms with van der Waals surface area (Å²) in [5.74, 6) is -2.09. The highest BCUT2D eigenvalue weighted by Crippen LogP contribution is 2.21. The van der Waals surface area contributed by atoms with Crippen molar-refractivity contribution in [3.8, 4) is 0 Å². The van der Waals surface area contributed by atoms with E-state index in [1.807, 2.05) is 0 Å². The van der Waals surface area contributed by atoms with E-state index in [0.29, 0.717) is 34.1 Å². The first-order valence-electron chi connectivity index (χ1n) is 17.4. The molecule has 0 radical (unpaired) electrons. The van der Waals surface area contributed by atoms with Gasteiger partial charge in [-0.15, -0.1) is 0 Å². The van der Waals surface area contributed by atoms with Crippen molar-refractivity contribution >= 4 is 84.0 Å². The van der Waals surface area contributed by atoms with Crippen molar-refractivity contribution in [1.29, 1.82) is 0 Å². The Balaban J connectivity index is 0.964. The normalized spacial score (nSPS) is 11.1. The predicted octanol–water partition coefficient (Wildman–Crippen LogP) is 6.83. The number of hydrogen-bond donors (Lipinski definition) is 8. The molecule has 0 atom stereocenters. The van der Waals surface area contributed by atoms with Crippen molar-refractivity contribution in [3.63, 3.8) is 0 Å². The molecule has 6 aromatic carbocycles. The maximum Gasteiger partial charge on any atom is 0.323 e. The minimum Gasteiger partial charge on any atom is -0.322 e. The Bertz CT molecular complexity index is 2640. The van der Waals surface area contributed by atoms with Gasteiger partial charge in [0.25, 0.3) is 43.9 Å². The number of rotatable bonds is 12. The van der Waals surface area contributed by atoms with Gasteiger partial charge in [-0.3, -0.25) is 28.3 Å². The minimum atomic E-state index is -4.41. The number of urea groups is 1. The van der Waals surface area contributed by atoms with Crippen molar-refractivity contribution in [1.82, 2.24) is 0 Å². The standard InChI is InChI=1S/C41H32N6O11S2/c48-37(25-7-19-35(20-8-25)59(53,54)55)44-33-5-1-3-27(23-33)39(50)42-29-11-15-31(16-12-29)46-41(52)47-32-17-13-30(14-18-32)43-40(51)28-4-2-6-34(24-28)45-38(49)26-9-21-36(22-10-26)60(56,57)58/h1-24H,(H,42,50)(H,43,51)(H,44,48)(H,45,49)(H2,46,47,52)(H,53,54,55)(H,56,57,58). The second-order valence-corrected chi connectivity index (χ2v) is 15.6. The third-order valence-electron chi connectivity index (χ3n) is 8.40. The molecule has 0 aliphatic heterocycles. The summed E-state index contributed by atoms with van der Waals surface area (Å²) in [6.45, 7) is 0. The summed E-state index contributed by atoms with van der Waals surface area (Å²) in [7, 11) is -8.82. The average Bonchev–Trinajstić information content (AvgIpc) is 3.22. The highest BCUT2D eigenvalue weighted by Gasteiger charge is 2.15. The smallest absolute Gasteiger partial charge is 0.322 e. The van der Waals surface area contributed by atoms with E-state index in [1.54, 1.807) is 84.9 Å². The molecule has 8 N–H and O–H groups in total. The number of anilines is 6. The Labute approximate surface area is 342 Å². The summed E-state index contributed by atoms with van der Waals surface area (Å²) in [5.41, 5.74) is 2.97. The number of carbonyl (C=O) groups excluding carboxylic acids is 5. The Morgan fingerprint density at radius 1 is 0.333 bits per heavy atom. The molecule has 0 unspecified atom stereocenters. The summed E-state index contributed by atoms with van der Waals surface area (Å²) >= 11 is 0. The van der Waals surface area contributed by atoms with E-state index in [2.05, 4.69) is 31.9 Å². The van der Waals surface area contributed by atoms with E-state index in [4.69, 9.17) is 9.11 Å². The van der Waals surface area contributed by atoms with Crippen LogP contribution in [0, 0.1) is 0 Å². The fourth-order valence-corrected chi connectivity index (χ4v) is 6.37. The van der Waals surface area contributed by atoms with Crippen molar-refractivity contribution in [2.45, 2.75) is 9.79 Å². The Kier molecular flexibility index (Phi) is 12.5. The van der Waals surface area contributed by atoms with Gasteiger partial charge in [0.05, 0.1) is 9.79 Å². The molecule has 17 nitrogen and oxygen atoms in total. The van der Waals surface area contributed by atoms with Crippen LogP contribution in [0.5, 0.6) is 0 Å². The summed E-state index contributed by atoms with van der Waals surface area (Å²) in [4.78, 5) is 63.2. The van der Waals surface area contributed by atoms with Crippen molar-refractivity contribution in [2.24, 2.45) is 0 Å². The van der Waals surface area contributed by atoms with Gasteiger partial charge in [-0.2, -0.15) is 16.8 Å². The third-order valence-corrected chi connectivity index (χ3v) is 10.1. The van der Waals surface area contributed by atoms with E-state index < -0.39 is 49.9 Å². The fourth-order valence-electron chi connectivity index (χ4n) is 5.41. The highest BCUT2D eigenvalue weighted by molar-refractivity contribution is 7.86. The van der Waals surface area contributed by atoms with Gasteiger partial charge in [-0.25, -0.2) is 4.79 Å². The zero-order chi connectivity index (χ0) is 43.0. The van der Waals surface area contributed by atoms with E-state index >= 15 is 0 Å². The molecule has 0 saturated heterocycles. The van der Waals surface area contributed by atoms with Crippen LogP contribution in [0.25, 0.3) is 0 Å². The summed E-state index contributed by atoms with van der Waals surface area (Å²) in [5, 5.41) is 16.1. The number of benzene rings is 6. The topological polar surface area (TPSA) is 266 Å². The lowest BCUT2D eigenvalue weighted by Gasteiger charge is -2.11. The van der Waals surface area contributed by atoms with Gasteiger partial charge in [0.1, 0.15) is 0 Å². The fraction of sp³-hybridized carbons (Fsp3) is 0. The Hall–Kier alpha value is -7.71. The number of amides is 6. The molecule has 0 heterocycles. The highest BCUT2D eigenvalue weighted by atomic mass is 32.2. The molecule has 19 heteroatoms. The Morgan fingerprint density at radius 3 is 0.933 bits per heavy atom. The molecule has 0 aliphatic carbocycles. The SMILES string of the molecule is O=C(Nc1ccc(NC(=O)c2cccc(NC(=O)c3ccc(S(=O)(=O)O)cc3)c2)cc1)Nc1ccc(NC(=O)c2cccc(NC(=O)c3ccc(S(=O)(=O)O)cc3)c2)cc1. The first-order valence-corrected chi connectivity index (χ1v) is 20.3. The average molecular weight is 849 g/mol. The van der Waals surface area contributed by atoms with Crippen LogP contribution in [0.15, 0.2) is 155 Å².